The van der Waals surface area contributed by atoms with Crippen molar-refractivity contribution in [2.24, 2.45) is 0 Å². The van der Waals surface area contributed by atoms with Gasteiger partial charge in [-0.05, 0) is 24.3 Å². The van der Waals surface area contributed by atoms with Crippen LogP contribution in [-0.2, 0) is 0 Å². The standard InChI is InChI=1S/C15H9ClF3N3O5/c16-8-1-6-11-12(7-8)27-15(26-11,14(17,18)19)21-13(23)20-9-2-4-10(5-3-9)22(24)25/h1-7H,(H2,20,21,23). The molecule has 142 valence electrons. The second-order valence-electron chi connectivity index (χ2n) is 5.29. The number of halogens is 4. The minimum atomic E-state index is -5.13. The Morgan fingerprint density at radius 2 is 1.74 bits per heavy atom. The molecule has 1 heterocycles. The Morgan fingerprint density at radius 1 is 1.11 bits per heavy atom. The number of hydrogen-bond donors (Lipinski definition) is 2. The maximum Gasteiger partial charge on any atom is 0.492 e. The van der Waals surface area contributed by atoms with Gasteiger partial charge in [0.25, 0.3) is 5.69 Å². The van der Waals surface area contributed by atoms with E-state index in [0.717, 1.165) is 30.3 Å². The fourth-order valence-electron chi connectivity index (χ4n) is 2.19. The van der Waals surface area contributed by atoms with E-state index in [1.54, 1.807) is 5.32 Å². The molecule has 0 bridgehead atoms. The molecule has 0 radical (unpaired) electrons. The van der Waals surface area contributed by atoms with E-state index in [1.165, 1.54) is 12.1 Å². The van der Waals surface area contributed by atoms with Crippen LogP contribution in [0.1, 0.15) is 0 Å². The van der Waals surface area contributed by atoms with Crippen LogP contribution < -0.4 is 20.1 Å². The maximum atomic E-state index is 13.5. The summed E-state index contributed by atoms with van der Waals surface area (Å²) in [6.07, 6.45) is -5.13. The average Bonchev–Trinajstić information content (AvgIpc) is 2.93. The number of nitro benzene ring substituents is 1. The lowest BCUT2D eigenvalue weighted by molar-refractivity contribution is -0.384. The van der Waals surface area contributed by atoms with Crippen molar-refractivity contribution in [2.45, 2.75) is 12.1 Å². The minimum absolute atomic E-state index is 0.0222. The molecular formula is C15H9ClF3N3O5. The molecule has 0 aliphatic carbocycles. The molecular weight excluding hydrogens is 395 g/mol. The van der Waals surface area contributed by atoms with E-state index in [4.69, 9.17) is 21.1 Å². The molecule has 2 N–H and O–H groups in total. The summed E-state index contributed by atoms with van der Waals surface area (Å²) in [5.41, 5.74) is -0.225. The van der Waals surface area contributed by atoms with Crippen molar-refractivity contribution in [2.75, 3.05) is 5.32 Å². The number of non-ortho nitro benzene ring substituents is 1. The molecule has 0 saturated carbocycles. The van der Waals surface area contributed by atoms with Gasteiger partial charge in [0.15, 0.2) is 11.5 Å². The molecule has 8 nitrogen and oxygen atoms in total. The highest BCUT2D eigenvalue weighted by atomic mass is 35.5. The first kappa shape index (κ1) is 18.6. The van der Waals surface area contributed by atoms with E-state index in [0.29, 0.717) is 0 Å². The van der Waals surface area contributed by atoms with Crippen molar-refractivity contribution in [1.29, 1.82) is 0 Å². The summed E-state index contributed by atoms with van der Waals surface area (Å²) in [5.74, 6) is -4.01. The third-order valence-corrected chi connectivity index (χ3v) is 3.64. The van der Waals surface area contributed by atoms with E-state index < -0.39 is 23.0 Å². The largest absolute Gasteiger partial charge is 0.492 e. The van der Waals surface area contributed by atoms with E-state index in [1.807, 2.05) is 0 Å². The quantitative estimate of drug-likeness (QED) is 0.594. The summed E-state index contributed by atoms with van der Waals surface area (Å²) in [6.45, 7) is 0. The first-order valence-corrected chi connectivity index (χ1v) is 7.55. The van der Waals surface area contributed by atoms with Gasteiger partial charge in [-0.15, -0.1) is 0 Å². The van der Waals surface area contributed by atoms with Gasteiger partial charge in [-0.3, -0.25) is 15.4 Å². The normalized spacial score (nSPS) is 18.1. The molecule has 0 fully saturated rings. The van der Waals surface area contributed by atoms with E-state index in [9.17, 15) is 28.1 Å². The van der Waals surface area contributed by atoms with Crippen LogP contribution in [-0.4, -0.2) is 23.0 Å². The summed E-state index contributed by atoms with van der Waals surface area (Å²) in [4.78, 5) is 21.9. The van der Waals surface area contributed by atoms with Gasteiger partial charge >= 0.3 is 18.1 Å². The molecule has 0 aromatic heterocycles. The minimum Gasteiger partial charge on any atom is -0.424 e. The topological polar surface area (TPSA) is 103 Å². The Morgan fingerprint density at radius 3 is 2.33 bits per heavy atom. The Labute approximate surface area is 154 Å². The summed E-state index contributed by atoms with van der Waals surface area (Å²) in [6, 6.07) is 6.74. The summed E-state index contributed by atoms with van der Waals surface area (Å²) in [5, 5.41) is 14.4. The van der Waals surface area contributed by atoms with Crippen LogP contribution in [0.3, 0.4) is 0 Å². The number of anilines is 1. The number of hydrogen-bond acceptors (Lipinski definition) is 5. The number of carbonyl (C=O) groups is 1. The van der Waals surface area contributed by atoms with Crippen LogP contribution in [0.2, 0.25) is 5.02 Å². The zero-order valence-electron chi connectivity index (χ0n) is 13.0. The third kappa shape index (κ3) is 3.67. The zero-order valence-corrected chi connectivity index (χ0v) is 13.8. The lowest BCUT2D eigenvalue weighted by atomic mass is 10.3. The van der Waals surface area contributed by atoms with Gasteiger partial charge in [0, 0.05) is 28.9 Å². The highest BCUT2D eigenvalue weighted by Crippen LogP contribution is 2.46. The van der Waals surface area contributed by atoms with Gasteiger partial charge < -0.3 is 14.8 Å². The Hall–Kier alpha value is -3.21. The molecule has 3 rings (SSSR count). The molecule has 1 unspecified atom stereocenters. The van der Waals surface area contributed by atoms with Gasteiger partial charge in [-0.1, -0.05) is 11.6 Å². The average molecular weight is 404 g/mol. The van der Waals surface area contributed by atoms with Crippen LogP contribution in [0.5, 0.6) is 11.5 Å². The smallest absolute Gasteiger partial charge is 0.424 e. The molecule has 0 saturated heterocycles. The predicted octanol–water partition coefficient (Wildman–Crippen LogP) is 4.06. The fraction of sp³-hybridized carbons (Fsp3) is 0.133. The van der Waals surface area contributed by atoms with Gasteiger partial charge in [-0.25, -0.2) is 4.79 Å². The number of ether oxygens (including phenoxy) is 2. The second kappa shape index (κ2) is 6.50. The number of alkyl halides is 3. The fourth-order valence-corrected chi connectivity index (χ4v) is 2.35. The number of carbonyl (C=O) groups excluding carboxylic acids is 1. The van der Waals surface area contributed by atoms with Crippen LogP contribution in [0.15, 0.2) is 42.5 Å². The number of nitrogens with zero attached hydrogens (tertiary/aromatic N) is 1. The van der Waals surface area contributed by atoms with E-state index >= 15 is 0 Å². The second-order valence-corrected chi connectivity index (χ2v) is 5.73. The molecule has 2 aromatic rings. The van der Waals surface area contributed by atoms with Crippen molar-refractivity contribution in [1.82, 2.24) is 5.32 Å². The molecule has 27 heavy (non-hydrogen) atoms. The molecule has 1 aliphatic rings. The van der Waals surface area contributed by atoms with Crippen LogP contribution >= 0.6 is 11.6 Å². The van der Waals surface area contributed by atoms with Gasteiger partial charge in [0.05, 0.1) is 4.92 Å². The Kier molecular flexibility index (Phi) is 4.47. The molecule has 12 heteroatoms. The summed E-state index contributed by atoms with van der Waals surface area (Å²) < 4.78 is 50.2. The highest BCUT2D eigenvalue weighted by Gasteiger charge is 2.65. The summed E-state index contributed by atoms with van der Waals surface area (Å²) >= 11 is 5.71. The van der Waals surface area contributed by atoms with Crippen molar-refractivity contribution in [3.05, 3.63) is 57.6 Å². The molecule has 2 amide bonds. The number of rotatable bonds is 3. The van der Waals surface area contributed by atoms with Crippen LogP contribution in [0.25, 0.3) is 0 Å². The number of amides is 2. The van der Waals surface area contributed by atoms with Crippen LogP contribution in [0, 0.1) is 10.1 Å². The Balaban J connectivity index is 1.78. The predicted molar refractivity (Wildman–Crippen MR) is 86.7 cm³/mol. The SMILES string of the molecule is O=C(Nc1ccc([N+](=O)[O-])cc1)NC1(C(F)(F)F)Oc2ccc(Cl)cc2O1. The lowest BCUT2D eigenvalue weighted by Gasteiger charge is -2.29. The van der Waals surface area contributed by atoms with Gasteiger partial charge in [0.1, 0.15) is 0 Å². The zero-order chi connectivity index (χ0) is 19.8. The van der Waals surface area contributed by atoms with E-state index in [-0.39, 0.29) is 27.9 Å². The molecule has 0 spiro atoms. The number of nitro groups is 1. The third-order valence-electron chi connectivity index (χ3n) is 3.40. The number of fused-ring (bicyclic) bond motifs is 1. The molecule has 1 aliphatic heterocycles. The van der Waals surface area contributed by atoms with E-state index in [2.05, 4.69) is 5.32 Å². The van der Waals surface area contributed by atoms with Gasteiger partial charge in [-0.2, -0.15) is 13.2 Å². The van der Waals surface area contributed by atoms with Gasteiger partial charge in [0.2, 0.25) is 0 Å². The molecule has 2 aromatic carbocycles. The Bertz CT molecular complexity index is 907. The lowest BCUT2D eigenvalue weighted by Crippen LogP contribution is -2.65. The van der Waals surface area contributed by atoms with Crippen molar-refractivity contribution in [3.63, 3.8) is 0 Å². The molecule has 1 atom stereocenters. The monoisotopic (exact) mass is 403 g/mol. The van der Waals surface area contributed by atoms with Crippen molar-refractivity contribution < 1.29 is 32.4 Å². The maximum absolute atomic E-state index is 13.5. The van der Waals surface area contributed by atoms with Crippen molar-refractivity contribution >= 4 is 29.0 Å². The number of nitrogens with one attached hydrogen (secondary N) is 2. The van der Waals surface area contributed by atoms with Crippen molar-refractivity contribution in [3.8, 4) is 11.5 Å². The first-order valence-electron chi connectivity index (χ1n) is 7.17. The number of benzene rings is 2. The highest BCUT2D eigenvalue weighted by molar-refractivity contribution is 6.30. The van der Waals surface area contributed by atoms with Crippen LogP contribution in [0.4, 0.5) is 29.3 Å². The summed E-state index contributed by atoms with van der Waals surface area (Å²) in [7, 11) is 0. The first-order chi connectivity index (χ1) is 12.6. The number of urea groups is 1.